The van der Waals surface area contributed by atoms with E-state index in [9.17, 15) is 14.7 Å². The molecule has 3 aromatic carbocycles. The van der Waals surface area contributed by atoms with Crippen LogP contribution in [-0.4, -0.2) is 55.8 Å². The Balaban J connectivity index is 1.83. The van der Waals surface area contributed by atoms with Crippen LogP contribution in [0.15, 0.2) is 71.7 Å². The summed E-state index contributed by atoms with van der Waals surface area (Å²) in [6.07, 6.45) is -1.18. The maximum Gasteiger partial charge on any atom is 0.333 e. The van der Waals surface area contributed by atoms with Crippen molar-refractivity contribution >= 4 is 46.3 Å². The summed E-state index contributed by atoms with van der Waals surface area (Å²) >= 11 is 6.51. The number of carbonyl (C=O) groups is 2. The molecular formula is C29H31ClN2O6. The number of hydrogen-bond donors (Lipinski definition) is 2. The van der Waals surface area contributed by atoms with E-state index in [1.165, 1.54) is 7.11 Å². The fourth-order valence-electron chi connectivity index (χ4n) is 3.67. The van der Waals surface area contributed by atoms with Crippen LogP contribution in [0.5, 0.6) is 0 Å². The summed E-state index contributed by atoms with van der Waals surface area (Å²) in [5.74, 6) is -1.04. The number of aliphatic carboxylic acids is 1. The van der Waals surface area contributed by atoms with Gasteiger partial charge in [-0.25, -0.2) is 9.79 Å². The number of carboxylic acid groups (broad SMARTS) is 1. The molecule has 38 heavy (non-hydrogen) atoms. The molecule has 3 rings (SSSR count). The van der Waals surface area contributed by atoms with Crippen molar-refractivity contribution in [3.63, 3.8) is 0 Å². The number of para-hydroxylation sites is 2. The molecule has 2 N–H and O–H groups in total. The van der Waals surface area contributed by atoms with Gasteiger partial charge in [0.05, 0.1) is 42.6 Å². The average molecular weight is 539 g/mol. The van der Waals surface area contributed by atoms with Crippen molar-refractivity contribution in [3.8, 4) is 0 Å². The number of rotatable bonds is 13. The fourth-order valence-corrected chi connectivity index (χ4v) is 3.94. The maximum atomic E-state index is 13.0. The summed E-state index contributed by atoms with van der Waals surface area (Å²) in [7, 11) is 1.51. The molecule has 9 heteroatoms. The molecule has 200 valence electrons. The molecule has 0 aliphatic rings. The highest BCUT2D eigenvalue weighted by Crippen LogP contribution is 2.31. The standard InChI is InChI=1S/C29H31ClN2O6/c1-4-37-27(18-26(29(34)35)38-16-15-36-3)32-25-12-8-7-11-24(25)31-20-13-14-22(23(30)17-20)28(33)21-10-6-5-9-19(21)2/h5-14,17,26,31H,4,15-16,18H2,1-3H3,(H,34,35). The van der Waals surface area contributed by atoms with E-state index in [0.29, 0.717) is 39.8 Å². The predicted molar refractivity (Wildman–Crippen MR) is 148 cm³/mol. The lowest BCUT2D eigenvalue weighted by Gasteiger charge is -2.16. The number of hydrogen-bond acceptors (Lipinski definition) is 7. The topological polar surface area (TPSA) is 106 Å². The molecule has 0 heterocycles. The van der Waals surface area contributed by atoms with Gasteiger partial charge < -0.3 is 24.6 Å². The Bertz CT molecular complexity index is 1290. The lowest BCUT2D eigenvalue weighted by atomic mass is 9.99. The van der Waals surface area contributed by atoms with Crippen LogP contribution in [0.3, 0.4) is 0 Å². The second kappa shape index (κ2) is 14.3. The van der Waals surface area contributed by atoms with Gasteiger partial charge in [0.15, 0.2) is 17.8 Å². The number of nitrogens with one attached hydrogen (secondary N) is 1. The summed E-state index contributed by atoms with van der Waals surface area (Å²) in [4.78, 5) is 29.3. The quantitative estimate of drug-likeness (QED) is 0.115. The Hall–Kier alpha value is -3.72. The molecule has 0 saturated heterocycles. The van der Waals surface area contributed by atoms with E-state index >= 15 is 0 Å². The van der Waals surface area contributed by atoms with Crippen molar-refractivity contribution < 1.29 is 28.9 Å². The van der Waals surface area contributed by atoms with Gasteiger partial charge in [0.1, 0.15) is 0 Å². The minimum absolute atomic E-state index is 0.0528. The number of nitrogens with zero attached hydrogens (tertiary/aromatic N) is 1. The fraction of sp³-hybridized carbons (Fsp3) is 0.276. The molecule has 3 aromatic rings. The number of ketones is 1. The molecule has 0 fully saturated rings. The first-order chi connectivity index (χ1) is 18.3. The highest BCUT2D eigenvalue weighted by Gasteiger charge is 2.22. The van der Waals surface area contributed by atoms with Crippen molar-refractivity contribution in [2.45, 2.75) is 26.4 Å². The van der Waals surface area contributed by atoms with Gasteiger partial charge in [0.2, 0.25) is 0 Å². The minimum atomic E-state index is -1.13. The summed E-state index contributed by atoms with van der Waals surface area (Å²) in [5, 5.41) is 13.1. The van der Waals surface area contributed by atoms with E-state index < -0.39 is 12.1 Å². The summed E-state index contributed by atoms with van der Waals surface area (Å²) in [6.45, 7) is 4.40. The Labute approximate surface area is 227 Å². The zero-order valence-electron chi connectivity index (χ0n) is 21.6. The molecule has 0 saturated carbocycles. The molecule has 1 atom stereocenters. The Morgan fingerprint density at radius 1 is 1.03 bits per heavy atom. The van der Waals surface area contributed by atoms with Gasteiger partial charge in [-0.05, 0) is 49.7 Å². The summed E-state index contributed by atoms with van der Waals surface area (Å²) < 4.78 is 16.0. The van der Waals surface area contributed by atoms with Crippen LogP contribution >= 0.6 is 11.6 Å². The molecule has 0 aromatic heterocycles. The Morgan fingerprint density at radius 3 is 2.45 bits per heavy atom. The van der Waals surface area contributed by atoms with E-state index in [0.717, 1.165) is 5.56 Å². The smallest absolute Gasteiger partial charge is 0.333 e. The molecular weight excluding hydrogens is 508 g/mol. The summed E-state index contributed by atoms with van der Waals surface area (Å²) in [6, 6.07) is 19.8. The van der Waals surface area contributed by atoms with E-state index in [1.807, 2.05) is 43.3 Å². The number of aliphatic imine (C=N–C) groups is 1. The normalized spacial score (nSPS) is 12.2. The van der Waals surface area contributed by atoms with E-state index in [2.05, 4.69) is 10.3 Å². The predicted octanol–water partition coefficient (Wildman–Crippen LogP) is 6.20. The van der Waals surface area contributed by atoms with Crippen LogP contribution in [0.2, 0.25) is 5.02 Å². The van der Waals surface area contributed by atoms with Crippen molar-refractivity contribution in [3.05, 3.63) is 88.4 Å². The molecule has 1 unspecified atom stereocenters. The third-order valence-corrected chi connectivity index (χ3v) is 5.90. The molecule has 0 amide bonds. The van der Waals surface area contributed by atoms with Gasteiger partial charge in [-0.2, -0.15) is 0 Å². The van der Waals surface area contributed by atoms with Gasteiger partial charge in [-0.1, -0.05) is 48.0 Å². The first-order valence-corrected chi connectivity index (χ1v) is 12.5. The number of carbonyl (C=O) groups excluding carboxylic acids is 1. The second-order valence-corrected chi connectivity index (χ2v) is 8.72. The van der Waals surface area contributed by atoms with Gasteiger partial charge in [-0.3, -0.25) is 4.79 Å². The van der Waals surface area contributed by atoms with E-state index in [1.54, 1.807) is 37.3 Å². The third kappa shape index (κ3) is 7.89. The number of carboxylic acids is 1. The first kappa shape index (κ1) is 28.8. The van der Waals surface area contributed by atoms with Crippen LogP contribution in [-0.2, 0) is 19.0 Å². The van der Waals surface area contributed by atoms with E-state index in [-0.39, 0.29) is 31.3 Å². The average Bonchev–Trinajstić information content (AvgIpc) is 2.89. The number of halogens is 1. The zero-order valence-corrected chi connectivity index (χ0v) is 22.3. The van der Waals surface area contributed by atoms with Crippen LogP contribution in [0.4, 0.5) is 17.1 Å². The van der Waals surface area contributed by atoms with E-state index in [4.69, 9.17) is 25.8 Å². The zero-order chi connectivity index (χ0) is 27.5. The number of anilines is 2. The van der Waals surface area contributed by atoms with Gasteiger partial charge in [0.25, 0.3) is 0 Å². The molecule has 0 bridgehead atoms. The summed E-state index contributed by atoms with van der Waals surface area (Å²) in [5.41, 5.74) is 3.72. The van der Waals surface area contributed by atoms with Gasteiger partial charge >= 0.3 is 5.97 Å². The molecule has 0 aliphatic carbocycles. The molecule has 0 aliphatic heterocycles. The third-order valence-electron chi connectivity index (χ3n) is 5.58. The number of benzene rings is 3. The molecule has 0 radical (unpaired) electrons. The van der Waals surface area contributed by atoms with Crippen LogP contribution < -0.4 is 5.32 Å². The van der Waals surface area contributed by atoms with Crippen LogP contribution in [0, 0.1) is 6.92 Å². The number of ether oxygens (including phenoxy) is 3. The monoisotopic (exact) mass is 538 g/mol. The lowest BCUT2D eigenvalue weighted by molar-refractivity contribution is -0.150. The Kier molecular flexibility index (Phi) is 10.8. The van der Waals surface area contributed by atoms with Crippen molar-refractivity contribution in [1.82, 2.24) is 0 Å². The number of aryl methyl sites for hydroxylation is 1. The lowest BCUT2D eigenvalue weighted by Crippen LogP contribution is -2.29. The largest absolute Gasteiger partial charge is 0.481 e. The minimum Gasteiger partial charge on any atom is -0.481 e. The SMILES string of the molecule is CCOC(CC(OCCOC)C(=O)O)=Nc1ccccc1Nc1ccc(C(=O)c2ccccc2C)c(Cl)c1. The first-order valence-electron chi connectivity index (χ1n) is 12.1. The number of methoxy groups -OCH3 is 1. The van der Waals surface area contributed by atoms with Gasteiger partial charge in [-0.15, -0.1) is 0 Å². The molecule has 8 nitrogen and oxygen atoms in total. The molecule has 0 spiro atoms. The maximum absolute atomic E-state index is 13.0. The van der Waals surface area contributed by atoms with Crippen LogP contribution in [0.1, 0.15) is 34.8 Å². The van der Waals surface area contributed by atoms with Crippen LogP contribution in [0.25, 0.3) is 0 Å². The van der Waals surface area contributed by atoms with Gasteiger partial charge in [0, 0.05) is 23.9 Å². The Morgan fingerprint density at radius 2 is 1.76 bits per heavy atom. The highest BCUT2D eigenvalue weighted by atomic mass is 35.5. The van der Waals surface area contributed by atoms with Crippen molar-refractivity contribution in [2.24, 2.45) is 4.99 Å². The second-order valence-electron chi connectivity index (χ2n) is 8.31. The van der Waals surface area contributed by atoms with Crippen molar-refractivity contribution in [2.75, 3.05) is 32.2 Å². The highest BCUT2D eigenvalue weighted by molar-refractivity contribution is 6.35. The van der Waals surface area contributed by atoms with Crippen molar-refractivity contribution in [1.29, 1.82) is 0 Å².